The van der Waals surface area contributed by atoms with E-state index in [1.165, 1.54) is 37.8 Å². The van der Waals surface area contributed by atoms with Crippen LogP contribution in [-0.4, -0.2) is 17.4 Å². The number of nitrogens with one attached hydrogen (secondary N) is 1. The molecule has 0 aliphatic heterocycles. The van der Waals surface area contributed by atoms with E-state index in [1.807, 2.05) is 0 Å². The van der Waals surface area contributed by atoms with Crippen LogP contribution in [0.3, 0.4) is 0 Å². The molecule has 1 N–H and O–H groups in total. The number of carbonyl (C=O) groups is 1. The molecule has 0 atom stereocenters. The molecule has 0 bridgehead atoms. The lowest BCUT2D eigenvalue weighted by Crippen LogP contribution is -2.28. The van der Waals surface area contributed by atoms with Crippen LogP contribution in [0.25, 0.3) is 0 Å². The van der Waals surface area contributed by atoms with Gasteiger partial charge in [-0.3, -0.25) is 4.79 Å². The van der Waals surface area contributed by atoms with Crippen LogP contribution in [0.4, 0.5) is 0 Å². The van der Waals surface area contributed by atoms with Gasteiger partial charge in [-0.1, -0.05) is 36.0 Å². The lowest BCUT2D eigenvalue weighted by atomic mass is 10.1. The Bertz CT molecular complexity index is 397. The summed E-state index contributed by atoms with van der Waals surface area (Å²) in [6.45, 7) is 0.733. The summed E-state index contributed by atoms with van der Waals surface area (Å²) in [7, 11) is 0. The van der Waals surface area contributed by atoms with Crippen molar-refractivity contribution in [3.05, 3.63) is 28.0 Å². The Kier molecular flexibility index (Phi) is 4.24. The lowest BCUT2D eigenvalue weighted by molar-refractivity contribution is 0.0947. The van der Waals surface area contributed by atoms with E-state index >= 15 is 0 Å². The van der Waals surface area contributed by atoms with E-state index in [9.17, 15) is 4.79 Å². The molecule has 3 nitrogen and oxygen atoms in total. The fraction of sp³-hybridized carbons (Fsp3) is 0.500. The maximum atomic E-state index is 11.8. The van der Waals surface area contributed by atoms with Crippen LogP contribution in [0.1, 0.15) is 36.0 Å². The van der Waals surface area contributed by atoms with Crippen molar-refractivity contribution in [3.8, 4) is 0 Å². The first-order chi connectivity index (χ1) is 8.15. The predicted molar refractivity (Wildman–Crippen MR) is 68.5 cm³/mol. The van der Waals surface area contributed by atoms with Gasteiger partial charge in [-0.2, -0.15) is 0 Å². The van der Waals surface area contributed by atoms with Crippen LogP contribution in [0.15, 0.2) is 12.1 Å². The molecular formula is C12H14Cl2N2O. The molecular weight excluding hydrogens is 259 g/mol. The molecule has 0 saturated heterocycles. The zero-order valence-electron chi connectivity index (χ0n) is 9.38. The summed E-state index contributed by atoms with van der Waals surface area (Å²) in [6.07, 6.45) is 4.96. The summed E-state index contributed by atoms with van der Waals surface area (Å²) in [5.41, 5.74) is 0.466. The molecule has 1 aromatic rings. The topological polar surface area (TPSA) is 42.0 Å². The average Bonchev–Trinajstić information content (AvgIpc) is 2.77. The third kappa shape index (κ3) is 3.58. The molecule has 92 valence electrons. The van der Waals surface area contributed by atoms with Gasteiger partial charge in [0.25, 0.3) is 5.91 Å². The summed E-state index contributed by atoms with van der Waals surface area (Å²) in [6, 6.07) is 3.05. The van der Waals surface area contributed by atoms with Gasteiger partial charge in [0.05, 0.1) is 0 Å². The molecule has 0 unspecified atom stereocenters. The Hall–Kier alpha value is -0.800. The van der Waals surface area contributed by atoms with Crippen LogP contribution >= 0.6 is 23.2 Å². The van der Waals surface area contributed by atoms with Crippen LogP contribution in [0.5, 0.6) is 0 Å². The number of amides is 1. The number of rotatable bonds is 3. The third-order valence-electron chi connectivity index (χ3n) is 3.05. The Morgan fingerprint density at radius 2 is 1.88 bits per heavy atom. The standard InChI is InChI=1S/C12H14Cl2N2O/c13-10-5-9(6-11(14)16-10)12(17)15-7-8-3-1-2-4-8/h5-6,8H,1-4,7H2,(H,15,17). The van der Waals surface area contributed by atoms with Gasteiger partial charge in [0.2, 0.25) is 0 Å². The van der Waals surface area contributed by atoms with E-state index < -0.39 is 0 Å². The van der Waals surface area contributed by atoms with Crippen molar-refractivity contribution in [2.24, 2.45) is 5.92 Å². The molecule has 0 spiro atoms. The quantitative estimate of drug-likeness (QED) is 0.858. The first-order valence-electron chi connectivity index (χ1n) is 5.76. The maximum absolute atomic E-state index is 11.8. The summed E-state index contributed by atoms with van der Waals surface area (Å²) >= 11 is 11.5. The zero-order valence-corrected chi connectivity index (χ0v) is 10.9. The summed E-state index contributed by atoms with van der Waals surface area (Å²) in [5.74, 6) is 0.481. The highest BCUT2D eigenvalue weighted by molar-refractivity contribution is 6.33. The van der Waals surface area contributed by atoms with Crippen LogP contribution in [0.2, 0.25) is 10.3 Å². The Morgan fingerprint density at radius 3 is 2.47 bits per heavy atom. The van der Waals surface area contributed by atoms with Crippen LogP contribution < -0.4 is 5.32 Å². The second-order valence-corrected chi connectivity index (χ2v) is 5.14. The first kappa shape index (κ1) is 12.7. The molecule has 1 amide bonds. The van der Waals surface area contributed by atoms with Gasteiger partial charge in [0.1, 0.15) is 10.3 Å². The number of hydrogen-bond donors (Lipinski definition) is 1. The minimum absolute atomic E-state index is 0.136. The molecule has 1 fully saturated rings. The SMILES string of the molecule is O=C(NCC1CCCC1)c1cc(Cl)nc(Cl)c1. The fourth-order valence-electron chi connectivity index (χ4n) is 2.15. The highest BCUT2D eigenvalue weighted by Crippen LogP contribution is 2.23. The highest BCUT2D eigenvalue weighted by Gasteiger charge is 2.16. The van der Waals surface area contributed by atoms with Crippen LogP contribution in [-0.2, 0) is 0 Å². The van der Waals surface area contributed by atoms with Crippen molar-refractivity contribution in [1.29, 1.82) is 0 Å². The smallest absolute Gasteiger partial charge is 0.251 e. The van der Waals surface area contributed by atoms with Crippen LogP contribution in [0, 0.1) is 5.92 Å². The lowest BCUT2D eigenvalue weighted by Gasteiger charge is -2.10. The van der Waals surface area contributed by atoms with Crippen molar-refractivity contribution in [1.82, 2.24) is 10.3 Å². The second kappa shape index (κ2) is 5.69. The largest absolute Gasteiger partial charge is 0.352 e. The second-order valence-electron chi connectivity index (χ2n) is 4.36. The van der Waals surface area contributed by atoms with E-state index in [0.717, 1.165) is 6.54 Å². The zero-order chi connectivity index (χ0) is 12.3. The normalized spacial score (nSPS) is 16.1. The van der Waals surface area contributed by atoms with Gasteiger partial charge in [-0.15, -0.1) is 0 Å². The molecule has 1 heterocycles. The molecule has 2 rings (SSSR count). The maximum Gasteiger partial charge on any atom is 0.251 e. The number of nitrogens with zero attached hydrogens (tertiary/aromatic N) is 1. The van der Waals surface area contributed by atoms with E-state index in [1.54, 1.807) is 0 Å². The Morgan fingerprint density at radius 1 is 1.29 bits per heavy atom. The molecule has 17 heavy (non-hydrogen) atoms. The van der Waals surface area contributed by atoms with E-state index in [0.29, 0.717) is 11.5 Å². The Labute approximate surface area is 111 Å². The summed E-state index contributed by atoms with van der Waals surface area (Å²) in [5, 5.41) is 3.39. The number of pyridine rings is 1. The van der Waals surface area contributed by atoms with Crippen molar-refractivity contribution >= 4 is 29.1 Å². The third-order valence-corrected chi connectivity index (χ3v) is 3.44. The molecule has 1 saturated carbocycles. The molecule has 5 heteroatoms. The number of halogens is 2. The van der Waals surface area contributed by atoms with Crippen molar-refractivity contribution in [2.45, 2.75) is 25.7 Å². The van der Waals surface area contributed by atoms with Gasteiger partial charge >= 0.3 is 0 Å². The monoisotopic (exact) mass is 272 g/mol. The molecule has 1 aliphatic carbocycles. The fourth-order valence-corrected chi connectivity index (χ4v) is 2.61. The van der Waals surface area contributed by atoms with Gasteiger partial charge < -0.3 is 5.32 Å². The number of carbonyl (C=O) groups excluding carboxylic acids is 1. The van der Waals surface area contributed by atoms with Crippen molar-refractivity contribution < 1.29 is 4.79 Å². The molecule has 1 aliphatic rings. The predicted octanol–water partition coefficient (Wildman–Crippen LogP) is 3.31. The van der Waals surface area contributed by atoms with Gasteiger partial charge in [0, 0.05) is 12.1 Å². The number of hydrogen-bond acceptors (Lipinski definition) is 2. The highest BCUT2D eigenvalue weighted by atomic mass is 35.5. The van der Waals surface area contributed by atoms with E-state index in [4.69, 9.17) is 23.2 Å². The molecule has 0 radical (unpaired) electrons. The average molecular weight is 273 g/mol. The summed E-state index contributed by atoms with van der Waals surface area (Å²) < 4.78 is 0. The number of aromatic nitrogens is 1. The minimum Gasteiger partial charge on any atom is -0.352 e. The van der Waals surface area contributed by atoms with Gasteiger partial charge in [0.15, 0.2) is 0 Å². The minimum atomic E-state index is -0.136. The molecule has 1 aromatic heterocycles. The Balaban J connectivity index is 1.94. The first-order valence-corrected chi connectivity index (χ1v) is 6.52. The van der Waals surface area contributed by atoms with Crippen molar-refractivity contribution in [2.75, 3.05) is 6.54 Å². The van der Waals surface area contributed by atoms with Crippen molar-refractivity contribution in [3.63, 3.8) is 0 Å². The summed E-state index contributed by atoms with van der Waals surface area (Å²) in [4.78, 5) is 15.7. The van der Waals surface area contributed by atoms with E-state index in [-0.39, 0.29) is 16.2 Å². The van der Waals surface area contributed by atoms with Gasteiger partial charge in [-0.25, -0.2) is 4.98 Å². The molecule has 0 aromatic carbocycles. The van der Waals surface area contributed by atoms with E-state index in [2.05, 4.69) is 10.3 Å². The van der Waals surface area contributed by atoms with Gasteiger partial charge in [-0.05, 0) is 30.9 Å².